The van der Waals surface area contributed by atoms with Gasteiger partial charge in [-0.15, -0.1) is 0 Å². The van der Waals surface area contributed by atoms with Crippen LogP contribution in [0.3, 0.4) is 0 Å². The molecule has 0 bridgehead atoms. The summed E-state index contributed by atoms with van der Waals surface area (Å²) in [5, 5.41) is 0. The van der Waals surface area contributed by atoms with E-state index in [1.807, 2.05) is 18.2 Å². The van der Waals surface area contributed by atoms with Crippen LogP contribution in [0.1, 0.15) is 31.9 Å². The van der Waals surface area contributed by atoms with Crippen LogP contribution in [0.4, 0.5) is 0 Å². The Morgan fingerprint density at radius 1 is 1.05 bits per heavy atom. The van der Waals surface area contributed by atoms with Crippen LogP contribution in [0.2, 0.25) is 0 Å². The highest BCUT2D eigenvalue weighted by Gasteiger charge is 2.20. The number of hydrogen-bond acceptors (Lipinski definition) is 2. The number of imidazole rings is 1. The van der Waals surface area contributed by atoms with E-state index in [4.69, 9.17) is 10.7 Å². The molecule has 0 fully saturated rings. The van der Waals surface area contributed by atoms with E-state index in [9.17, 15) is 0 Å². The van der Waals surface area contributed by atoms with Crippen molar-refractivity contribution in [1.82, 2.24) is 9.97 Å². The fraction of sp³-hybridized carbons (Fsp3) is 0.278. The second kappa shape index (κ2) is 5.01. The van der Waals surface area contributed by atoms with E-state index < -0.39 is 0 Å². The van der Waals surface area contributed by atoms with Crippen molar-refractivity contribution in [3.63, 3.8) is 0 Å². The average Bonchev–Trinajstić information content (AvgIpc) is 2.90. The Morgan fingerprint density at radius 2 is 1.81 bits per heavy atom. The first kappa shape index (κ1) is 13.8. The molecule has 0 amide bonds. The summed E-state index contributed by atoms with van der Waals surface area (Å²) in [7, 11) is 0. The van der Waals surface area contributed by atoms with Crippen LogP contribution in [0.25, 0.3) is 22.4 Å². The number of nitrogens with two attached hydrogens (primary N) is 1. The predicted molar refractivity (Wildman–Crippen MR) is 88.1 cm³/mol. The molecule has 0 unspecified atom stereocenters. The van der Waals surface area contributed by atoms with Gasteiger partial charge in [-0.05, 0) is 22.6 Å². The maximum Gasteiger partial charge on any atom is 0.138 e. The smallest absolute Gasteiger partial charge is 0.138 e. The molecule has 0 saturated heterocycles. The van der Waals surface area contributed by atoms with E-state index >= 15 is 0 Å². The fourth-order valence-corrected chi connectivity index (χ4v) is 2.73. The molecule has 0 aliphatic rings. The van der Waals surface area contributed by atoms with Crippen molar-refractivity contribution >= 4 is 11.0 Å². The van der Waals surface area contributed by atoms with Gasteiger partial charge in [0.2, 0.25) is 0 Å². The first-order valence-electron chi connectivity index (χ1n) is 7.28. The number of hydrogen-bond donors (Lipinski definition) is 2. The summed E-state index contributed by atoms with van der Waals surface area (Å²) < 4.78 is 0. The van der Waals surface area contributed by atoms with Crippen LogP contribution in [-0.4, -0.2) is 9.97 Å². The van der Waals surface area contributed by atoms with Crippen LogP contribution < -0.4 is 5.73 Å². The minimum absolute atomic E-state index is 0.0757. The van der Waals surface area contributed by atoms with E-state index in [1.54, 1.807) is 0 Å². The lowest BCUT2D eigenvalue weighted by Crippen LogP contribution is -2.12. The highest BCUT2D eigenvalue weighted by atomic mass is 14.9. The van der Waals surface area contributed by atoms with E-state index in [1.165, 1.54) is 5.56 Å². The molecule has 3 rings (SSSR count). The number of H-pyrrole nitrogens is 1. The number of para-hydroxylation sites is 1. The summed E-state index contributed by atoms with van der Waals surface area (Å²) in [6.45, 7) is 7.17. The summed E-state index contributed by atoms with van der Waals surface area (Å²) in [5.41, 5.74) is 11.4. The number of nitrogens with one attached hydrogen (secondary N) is 1. The van der Waals surface area contributed by atoms with Gasteiger partial charge in [0.25, 0.3) is 0 Å². The second-order valence-corrected chi connectivity index (χ2v) is 6.40. The van der Waals surface area contributed by atoms with Crippen molar-refractivity contribution in [3.05, 3.63) is 53.6 Å². The molecule has 1 heterocycles. The van der Waals surface area contributed by atoms with Crippen molar-refractivity contribution in [2.45, 2.75) is 32.7 Å². The van der Waals surface area contributed by atoms with Crippen molar-refractivity contribution < 1.29 is 0 Å². The molecule has 0 atom stereocenters. The molecule has 3 heteroatoms. The van der Waals surface area contributed by atoms with Crippen molar-refractivity contribution in [1.29, 1.82) is 0 Å². The Morgan fingerprint density at radius 3 is 2.52 bits per heavy atom. The Balaban J connectivity index is 2.22. The van der Waals surface area contributed by atoms with E-state index in [0.29, 0.717) is 6.54 Å². The fourth-order valence-electron chi connectivity index (χ4n) is 2.73. The molecule has 0 spiro atoms. The third-order valence-electron chi connectivity index (χ3n) is 3.81. The number of benzene rings is 2. The lowest BCUT2D eigenvalue weighted by molar-refractivity contribution is 0.591. The molecule has 2 aromatic carbocycles. The Hall–Kier alpha value is -2.13. The first-order chi connectivity index (χ1) is 10.0. The zero-order valence-corrected chi connectivity index (χ0v) is 12.8. The van der Waals surface area contributed by atoms with Crippen molar-refractivity contribution in [3.8, 4) is 11.4 Å². The normalized spacial score (nSPS) is 12.0. The first-order valence-corrected chi connectivity index (χ1v) is 7.28. The number of aromatic amines is 1. The van der Waals surface area contributed by atoms with Crippen LogP contribution >= 0.6 is 0 Å². The molecule has 1 aromatic heterocycles. The molecule has 0 aliphatic carbocycles. The molecule has 21 heavy (non-hydrogen) atoms. The summed E-state index contributed by atoms with van der Waals surface area (Å²) in [6, 6.07) is 14.5. The molecule has 3 aromatic rings. The number of aromatic nitrogens is 2. The van der Waals surface area contributed by atoms with Crippen LogP contribution in [0.5, 0.6) is 0 Å². The SMILES string of the molecule is CC(C)(C)c1ccccc1-c1nc2c(CN)cccc2[nH]1. The number of rotatable bonds is 2. The Labute approximate surface area is 125 Å². The quantitative estimate of drug-likeness (QED) is 0.745. The van der Waals surface area contributed by atoms with E-state index in [2.05, 4.69) is 50.0 Å². The Kier molecular flexibility index (Phi) is 3.30. The van der Waals surface area contributed by atoms with E-state index in [-0.39, 0.29) is 5.41 Å². The van der Waals surface area contributed by atoms with Gasteiger partial charge < -0.3 is 10.7 Å². The predicted octanol–water partition coefficient (Wildman–Crippen LogP) is 3.99. The maximum atomic E-state index is 5.81. The molecule has 0 saturated carbocycles. The third-order valence-corrected chi connectivity index (χ3v) is 3.81. The standard InChI is InChI=1S/C18H21N3/c1-18(2,3)14-9-5-4-8-13(14)17-20-15-10-6-7-12(11-19)16(15)21-17/h4-10H,11,19H2,1-3H3,(H,20,21). The van der Waals surface area contributed by atoms with Gasteiger partial charge >= 0.3 is 0 Å². The van der Waals surface area contributed by atoms with Gasteiger partial charge in [-0.2, -0.15) is 0 Å². The van der Waals surface area contributed by atoms with Gasteiger partial charge in [0.15, 0.2) is 0 Å². The van der Waals surface area contributed by atoms with Gasteiger partial charge in [-0.25, -0.2) is 4.98 Å². The second-order valence-electron chi connectivity index (χ2n) is 6.40. The van der Waals surface area contributed by atoms with Gasteiger partial charge in [0.05, 0.1) is 11.0 Å². The summed E-state index contributed by atoms with van der Waals surface area (Å²) in [4.78, 5) is 8.22. The molecule has 0 radical (unpaired) electrons. The topological polar surface area (TPSA) is 54.7 Å². The molecule has 0 aliphatic heterocycles. The number of fused-ring (bicyclic) bond motifs is 1. The summed E-state index contributed by atoms with van der Waals surface area (Å²) >= 11 is 0. The van der Waals surface area contributed by atoms with Crippen LogP contribution in [0.15, 0.2) is 42.5 Å². The average molecular weight is 279 g/mol. The molecule has 108 valence electrons. The summed E-state index contributed by atoms with van der Waals surface area (Å²) in [5.74, 6) is 0.913. The Bertz CT molecular complexity index is 779. The zero-order valence-electron chi connectivity index (χ0n) is 12.8. The minimum atomic E-state index is 0.0757. The third kappa shape index (κ3) is 2.45. The molecular weight excluding hydrogens is 258 g/mol. The van der Waals surface area contributed by atoms with Crippen LogP contribution in [0, 0.1) is 0 Å². The van der Waals surface area contributed by atoms with Gasteiger partial charge in [0.1, 0.15) is 5.82 Å². The van der Waals surface area contributed by atoms with Gasteiger partial charge in [0, 0.05) is 12.1 Å². The van der Waals surface area contributed by atoms with E-state index in [0.717, 1.165) is 28.0 Å². The molecule has 3 N–H and O–H groups in total. The lowest BCUT2D eigenvalue weighted by atomic mass is 9.83. The monoisotopic (exact) mass is 279 g/mol. The highest BCUT2D eigenvalue weighted by Crippen LogP contribution is 2.32. The molecular formula is C18H21N3. The van der Waals surface area contributed by atoms with Gasteiger partial charge in [-0.3, -0.25) is 0 Å². The zero-order chi connectivity index (χ0) is 15.0. The largest absolute Gasteiger partial charge is 0.338 e. The van der Waals surface area contributed by atoms with Crippen LogP contribution in [-0.2, 0) is 12.0 Å². The highest BCUT2D eigenvalue weighted by molar-refractivity contribution is 5.83. The van der Waals surface area contributed by atoms with Crippen molar-refractivity contribution in [2.75, 3.05) is 0 Å². The number of nitrogens with zero attached hydrogens (tertiary/aromatic N) is 1. The van der Waals surface area contributed by atoms with Gasteiger partial charge in [-0.1, -0.05) is 57.2 Å². The molecule has 3 nitrogen and oxygen atoms in total. The van der Waals surface area contributed by atoms with Crippen molar-refractivity contribution in [2.24, 2.45) is 5.73 Å². The summed E-state index contributed by atoms with van der Waals surface area (Å²) in [6.07, 6.45) is 0. The lowest BCUT2D eigenvalue weighted by Gasteiger charge is -2.21. The minimum Gasteiger partial charge on any atom is -0.338 e. The maximum absolute atomic E-state index is 5.81.